The molecule has 2 aromatic carbocycles. The zero-order chi connectivity index (χ0) is 19.3. The lowest BCUT2D eigenvalue weighted by atomic mass is 10.1. The fourth-order valence-electron chi connectivity index (χ4n) is 2.65. The number of ether oxygens (including phenoxy) is 1. The Bertz CT molecular complexity index is 708. The molecule has 0 radical (unpaired) electrons. The fourth-order valence-corrected chi connectivity index (χ4v) is 3.05. The highest BCUT2D eigenvalue weighted by Crippen LogP contribution is 2.15. The van der Waals surface area contributed by atoms with Gasteiger partial charge in [0.05, 0.1) is 6.61 Å². The Morgan fingerprint density at radius 3 is 2.19 bits per heavy atom. The van der Waals surface area contributed by atoms with Gasteiger partial charge in [-0.15, -0.1) is 0 Å². The van der Waals surface area contributed by atoms with Crippen LogP contribution in [0.4, 0.5) is 4.39 Å². The molecule has 0 aliphatic heterocycles. The van der Waals surface area contributed by atoms with Gasteiger partial charge in [0, 0.05) is 10.9 Å². The molecule has 0 bridgehead atoms. The third-order valence-electron chi connectivity index (χ3n) is 4.23. The second-order valence-electron chi connectivity index (χ2n) is 6.43. The molecule has 0 atom stereocenters. The minimum atomic E-state index is -0.347. The zero-order valence-electron chi connectivity index (χ0n) is 15.5. The van der Waals surface area contributed by atoms with Crippen LogP contribution in [0.2, 0.25) is 0 Å². The van der Waals surface area contributed by atoms with Gasteiger partial charge in [0.1, 0.15) is 11.6 Å². The number of carbonyl (C=O) groups is 1. The van der Waals surface area contributed by atoms with Crippen molar-refractivity contribution in [1.82, 2.24) is 0 Å². The van der Waals surface area contributed by atoms with Crippen LogP contribution in [0.1, 0.15) is 54.4 Å². The van der Waals surface area contributed by atoms with Crippen LogP contribution in [-0.4, -0.2) is 17.7 Å². The Labute approximate surface area is 169 Å². The smallest absolute Gasteiger partial charge is 0.185 e. The number of allylic oxidation sites excluding steroid dienone is 1. The molecular weight excluding hydrogens is 407 g/mol. The maximum absolute atomic E-state index is 12.9. The largest absolute Gasteiger partial charge is 0.494 e. The molecule has 0 heterocycles. The monoisotopic (exact) mass is 432 g/mol. The predicted octanol–water partition coefficient (Wildman–Crippen LogP) is 6.84. The predicted molar refractivity (Wildman–Crippen MR) is 113 cm³/mol. The lowest BCUT2D eigenvalue weighted by molar-refractivity contribution is 0.104. The van der Waals surface area contributed by atoms with E-state index in [-0.39, 0.29) is 11.6 Å². The second kappa shape index (κ2) is 12.4. The van der Waals surface area contributed by atoms with Crippen molar-refractivity contribution in [2.75, 3.05) is 11.9 Å². The summed E-state index contributed by atoms with van der Waals surface area (Å²) >= 11 is 3.45. The molecule has 2 aromatic rings. The molecule has 0 spiro atoms. The molecule has 0 saturated carbocycles. The van der Waals surface area contributed by atoms with E-state index in [0.29, 0.717) is 5.56 Å². The van der Waals surface area contributed by atoms with Gasteiger partial charge >= 0.3 is 0 Å². The van der Waals surface area contributed by atoms with Crippen LogP contribution in [0.15, 0.2) is 54.6 Å². The number of ketones is 1. The highest BCUT2D eigenvalue weighted by molar-refractivity contribution is 9.09. The maximum atomic E-state index is 12.9. The molecule has 2 rings (SSSR count). The third kappa shape index (κ3) is 8.53. The summed E-state index contributed by atoms with van der Waals surface area (Å²) in [4.78, 5) is 12.0. The van der Waals surface area contributed by atoms with E-state index in [1.807, 2.05) is 24.3 Å². The molecule has 0 unspecified atom stereocenters. The van der Waals surface area contributed by atoms with Crippen molar-refractivity contribution >= 4 is 27.8 Å². The van der Waals surface area contributed by atoms with Gasteiger partial charge < -0.3 is 4.74 Å². The normalized spacial score (nSPS) is 11.0. The van der Waals surface area contributed by atoms with E-state index in [1.165, 1.54) is 62.4 Å². The average molecular weight is 433 g/mol. The summed E-state index contributed by atoms with van der Waals surface area (Å²) in [7, 11) is 0. The number of halogens is 2. The van der Waals surface area contributed by atoms with Crippen molar-refractivity contribution in [1.29, 1.82) is 0 Å². The van der Waals surface area contributed by atoms with Crippen LogP contribution in [0.3, 0.4) is 0 Å². The molecule has 144 valence electrons. The molecule has 27 heavy (non-hydrogen) atoms. The van der Waals surface area contributed by atoms with E-state index in [1.54, 1.807) is 6.08 Å². The molecule has 0 N–H and O–H groups in total. The molecule has 0 aliphatic carbocycles. The quantitative estimate of drug-likeness (QED) is 0.159. The summed E-state index contributed by atoms with van der Waals surface area (Å²) in [5.74, 6) is 0.350. The van der Waals surface area contributed by atoms with Gasteiger partial charge in [-0.2, -0.15) is 0 Å². The van der Waals surface area contributed by atoms with Gasteiger partial charge in [0.15, 0.2) is 5.78 Å². The molecular formula is C23H26BrFO2. The van der Waals surface area contributed by atoms with E-state index in [4.69, 9.17) is 4.74 Å². The van der Waals surface area contributed by atoms with Crippen LogP contribution in [0.25, 0.3) is 6.08 Å². The lowest BCUT2D eigenvalue weighted by Gasteiger charge is -2.06. The molecule has 0 aliphatic rings. The van der Waals surface area contributed by atoms with Crippen molar-refractivity contribution in [3.8, 4) is 5.75 Å². The van der Waals surface area contributed by atoms with Crippen molar-refractivity contribution in [2.24, 2.45) is 0 Å². The summed E-state index contributed by atoms with van der Waals surface area (Å²) in [5.41, 5.74) is 1.39. The summed E-state index contributed by atoms with van der Waals surface area (Å²) in [6.45, 7) is 0.733. The maximum Gasteiger partial charge on any atom is 0.185 e. The topological polar surface area (TPSA) is 26.3 Å². The van der Waals surface area contributed by atoms with Gasteiger partial charge in [-0.1, -0.05) is 59.8 Å². The van der Waals surface area contributed by atoms with Crippen molar-refractivity contribution in [2.45, 2.75) is 38.5 Å². The van der Waals surface area contributed by atoms with Crippen LogP contribution in [-0.2, 0) is 0 Å². The van der Waals surface area contributed by atoms with E-state index in [9.17, 15) is 9.18 Å². The molecule has 0 saturated heterocycles. The molecule has 0 amide bonds. The Balaban J connectivity index is 1.70. The second-order valence-corrected chi connectivity index (χ2v) is 7.23. The Kier molecular flexibility index (Phi) is 9.85. The van der Waals surface area contributed by atoms with E-state index in [2.05, 4.69) is 15.9 Å². The third-order valence-corrected chi connectivity index (χ3v) is 4.79. The van der Waals surface area contributed by atoms with Crippen LogP contribution in [0, 0.1) is 5.82 Å². The zero-order valence-corrected chi connectivity index (χ0v) is 17.1. The number of benzene rings is 2. The summed E-state index contributed by atoms with van der Waals surface area (Å²) < 4.78 is 18.7. The summed E-state index contributed by atoms with van der Waals surface area (Å²) in [6.07, 6.45) is 10.6. The first-order valence-electron chi connectivity index (χ1n) is 9.46. The minimum absolute atomic E-state index is 0.147. The molecule has 2 nitrogen and oxygen atoms in total. The van der Waals surface area contributed by atoms with Crippen LogP contribution < -0.4 is 4.74 Å². The molecule has 0 aromatic heterocycles. The minimum Gasteiger partial charge on any atom is -0.494 e. The highest BCUT2D eigenvalue weighted by atomic mass is 79.9. The van der Waals surface area contributed by atoms with Crippen LogP contribution in [0.5, 0.6) is 5.75 Å². The first-order chi connectivity index (χ1) is 13.2. The van der Waals surface area contributed by atoms with Crippen molar-refractivity contribution < 1.29 is 13.9 Å². The Morgan fingerprint density at radius 1 is 0.889 bits per heavy atom. The van der Waals surface area contributed by atoms with Crippen molar-refractivity contribution in [3.63, 3.8) is 0 Å². The molecule has 0 fully saturated rings. The van der Waals surface area contributed by atoms with Crippen molar-refractivity contribution in [3.05, 3.63) is 71.6 Å². The number of rotatable bonds is 12. The summed E-state index contributed by atoms with van der Waals surface area (Å²) in [6, 6.07) is 13.2. The Hall–Kier alpha value is -1.94. The summed E-state index contributed by atoms with van der Waals surface area (Å²) in [5, 5.41) is 1.10. The van der Waals surface area contributed by atoms with E-state index in [0.717, 1.165) is 29.7 Å². The van der Waals surface area contributed by atoms with Gasteiger partial charge in [-0.05, 0) is 60.9 Å². The number of hydrogen-bond donors (Lipinski definition) is 0. The highest BCUT2D eigenvalue weighted by Gasteiger charge is 2.01. The standard InChI is InChI=1S/C23H26BrFO2/c24-17-5-3-1-2-4-6-18-27-22-14-7-19(8-15-22)9-16-23(26)20-10-12-21(25)13-11-20/h7-16H,1-6,17-18H2. The first-order valence-corrected chi connectivity index (χ1v) is 10.6. The van der Waals surface area contributed by atoms with Gasteiger partial charge in [-0.25, -0.2) is 4.39 Å². The molecule has 4 heteroatoms. The Morgan fingerprint density at radius 2 is 1.52 bits per heavy atom. The van der Waals surface area contributed by atoms with Gasteiger partial charge in [-0.3, -0.25) is 4.79 Å². The lowest BCUT2D eigenvalue weighted by Crippen LogP contribution is -1.97. The number of hydrogen-bond acceptors (Lipinski definition) is 2. The van der Waals surface area contributed by atoms with Gasteiger partial charge in [0.2, 0.25) is 0 Å². The van der Waals surface area contributed by atoms with Crippen LogP contribution >= 0.6 is 15.9 Å². The van der Waals surface area contributed by atoms with Gasteiger partial charge in [0.25, 0.3) is 0 Å². The number of unbranched alkanes of at least 4 members (excludes halogenated alkanes) is 5. The fraction of sp³-hybridized carbons (Fsp3) is 0.348. The number of alkyl halides is 1. The van der Waals surface area contributed by atoms with E-state index < -0.39 is 0 Å². The SMILES string of the molecule is O=C(C=Cc1ccc(OCCCCCCCCBr)cc1)c1ccc(F)cc1. The number of carbonyl (C=O) groups excluding carboxylic acids is 1. The van der Waals surface area contributed by atoms with E-state index >= 15 is 0 Å². The first kappa shape index (κ1) is 21.4. The average Bonchev–Trinajstić information content (AvgIpc) is 2.69.